The molecule has 0 spiro atoms. The van der Waals surface area contributed by atoms with Crippen molar-refractivity contribution >= 4 is 23.3 Å². The largest absolute Gasteiger partial charge is 0.374 e. The standard InChI is InChI=1S/C19H18FN7O3/c20-19-27(3-4-30-19)17(28)10-24-13-5-12(7-22-14(13)6-21)15-8-25-16(9-23-15)26-18(29)11-1-2-11/h5,7-9,11,19,24H,1-4,10H2,(H,25,26,29)/t19-/m0/s1. The van der Waals surface area contributed by atoms with Crippen LogP contribution >= 0.6 is 0 Å². The van der Waals surface area contributed by atoms with Crippen molar-refractivity contribution in [1.82, 2.24) is 19.9 Å². The van der Waals surface area contributed by atoms with Crippen LogP contribution in [0.4, 0.5) is 15.9 Å². The minimum Gasteiger partial charge on any atom is -0.374 e. The molecule has 0 aromatic carbocycles. The molecule has 10 nitrogen and oxygen atoms in total. The quantitative estimate of drug-likeness (QED) is 0.679. The molecule has 3 heterocycles. The molecule has 2 fully saturated rings. The maximum atomic E-state index is 13.5. The number of carbonyl (C=O) groups is 2. The molecule has 1 aliphatic carbocycles. The lowest BCUT2D eigenvalue weighted by Gasteiger charge is -2.17. The first kappa shape index (κ1) is 19.7. The summed E-state index contributed by atoms with van der Waals surface area (Å²) in [6.07, 6.45) is 6.17. The second-order valence-corrected chi connectivity index (χ2v) is 6.89. The Morgan fingerprint density at radius 1 is 1.27 bits per heavy atom. The number of carbonyl (C=O) groups excluding carboxylic acids is 2. The van der Waals surface area contributed by atoms with Crippen LogP contribution in [0.5, 0.6) is 0 Å². The molecule has 1 atom stereocenters. The van der Waals surface area contributed by atoms with Gasteiger partial charge in [-0.1, -0.05) is 0 Å². The number of amides is 2. The second-order valence-electron chi connectivity index (χ2n) is 6.89. The topological polar surface area (TPSA) is 133 Å². The molecule has 4 rings (SSSR count). The average Bonchev–Trinajstić information content (AvgIpc) is 3.53. The van der Waals surface area contributed by atoms with E-state index in [9.17, 15) is 19.2 Å². The van der Waals surface area contributed by atoms with E-state index in [2.05, 4.69) is 25.6 Å². The van der Waals surface area contributed by atoms with Crippen molar-refractivity contribution in [2.45, 2.75) is 19.3 Å². The van der Waals surface area contributed by atoms with Gasteiger partial charge in [0.2, 0.25) is 11.8 Å². The van der Waals surface area contributed by atoms with Gasteiger partial charge in [-0.2, -0.15) is 9.65 Å². The van der Waals surface area contributed by atoms with Gasteiger partial charge in [-0.05, 0) is 18.9 Å². The summed E-state index contributed by atoms with van der Waals surface area (Å²) in [6, 6.07) is 3.55. The molecule has 2 aromatic rings. The van der Waals surface area contributed by atoms with E-state index in [0.717, 1.165) is 17.7 Å². The SMILES string of the molecule is N#Cc1ncc(-c2cnc(NC(=O)C3CC3)cn2)cc1NCC(=O)N1CCO[C@H]1F. The maximum absolute atomic E-state index is 13.5. The van der Waals surface area contributed by atoms with Crippen LogP contribution in [0, 0.1) is 17.2 Å². The van der Waals surface area contributed by atoms with E-state index in [4.69, 9.17) is 4.74 Å². The normalized spacial score (nSPS) is 18.0. The Morgan fingerprint density at radius 3 is 2.73 bits per heavy atom. The lowest BCUT2D eigenvalue weighted by atomic mass is 10.1. The Balaban J connectivity index is 1.46. The Morgan fingerprint density at radius 2 is 2.10 bits per heavy atom. The van der Waals surface area contributed by atoms with Gasteiger partial charge in [0.15, 0.2) is 11.5 Å². The predicted molar refractivity (Wildman–Crippen MR) is 102 cm³/mol. The van der Waals surface area contributed by atoms with Crippen molar-refractivity contribution in [3.8, 4) is 17.3 Å². The van der Waals surface area contributed by atoms with Gasteiger partial charge in [0.25, 0.3) is 6.48 Å². The van der Waals surface area contributed by atoms with Gasteiger partial charge in [0, 0.05) is 24.2 Å². The van der Waals surface area contributed by atoms with Crippen LogP contribution in [0.25, 0.3) is 11.3 Å². The fourth-order valence-corrected chi connectivity index (χ4v) is 2.89. The smallest absolute Gasteiger partial charge is 0.281 e. The lowest BCUT2D eigenvalue weighted by Crippen LogP contribution is -2.37. The second kappa shape index (κ2) is 8.38. The zero-order valence-electron chi connectivity index (χ0n) is 15.8. The molecule has 2 N–H and O–H groups in total. The third-order valence-electron chi connectivity index (χ3n) is 4.72. The van der Waals surface area contributed by atoms with Crippen LogP contribution in [0.1, 0.15) is 18.5 Å². The number of anilines is 2. The first-order valence-corrected chi connectivity index (χ1v) is 9.37. The monoisotopic (exact) mass is 411 g/mol. The van der Waals surface area contributed by atoms with E-state index in [1.165, 1.54) is 18.6 Å². The molecule has 0 radical (unpaired) electrons. The molecule has 2 amide bonds. The summed E-state index contributed by atoms with van der Waals surface area (Å²) < 4.78 is 18.2. The number of nitriles is 1. The highest BCUT2D eigenvalue weighted by Crippen LogP contribution is 2.30. The molecule has 2 aliphatic rings. The van der Waals surface area contributed by atoms with Crippen LogP contribution in [0.2, 0.25) is 0 Å². The van der Waals surface area contributed by atoms with Crippen LogP contribution in [-0.2, 0) is 14.3 Å². The number of ether oxygens (including phenoxy) is 1. The van der Waals surface area contributed by atoms with Gasteiger partial charge in [0.05, 0.1) is 36.9 Å². The summed E-state index contributed by atoms with van der Waals surface area (Å²) in [6.45, 7) is -1.66. The number of aromatic nitrogens is 3. The number of halogens is 1. The summed E-state index contributed by atoms with van der Waals surface area (Å²) in [5.74, 6) is -0.142. The number of hydrogen-bond donors (Lipinski definition) is 2. The molecule has 1 aliphatic heterocycles. The third-order valence-corrected chi connectivity index (χ3v) is 4.72. The molecule has 0 bridgehead atoms. The van der Waals surface area contributed by atoms with Crippen molar-refractivity contribution in [2.75, 3.05) is 30.3 Å². The number of pyridine rings is 1. The maximum Gasteiger partial charge on any atom is 0.281 e. The lowest BCUT2D eigenvalue weighted by molar-refractivity contribution is -0.143. The van der Waals surface area contributed by atoms with Gasteiger partial charge in [-0.15, -0.1) is 0 Å². The fourth-order valence-electron chi connectivity index (χ4n) is 2.89. The van der Waals surface area contributed by atoms with E-state index in [1.54, 1.807) is 6.07 Å². The van der Waals surface area contributed by atoms with Crippen LogP contribution in [0.15, 0.2) is 24.7 Å². The van der Waals surface area contributed by atoms with Gasteiger partial charge in [-0.3, -0.25) is 19.5 Å². The van der Waals surface area contributed by atoms with Crippen LogP contribution in [0.3, 0.4) is 0 Å². The molecule has 1 saturated carbocycles. The summed E-state index contributed by atoms with van der Waals surface area (Å²) in [4.78, 5) is 37.5. The third kappa shape index (κ3) is 4.33. The fraction of sp³-hybridized carbons (Fsp3) is 0.368. The van der Waals surface area contributed by atoms with Gasteiger partial charge < -0.3 is 15.4 Å². The molecule has 0 unspecified atom stereocenters. The van der Waals surface area contributed by atoms with E-state index >= 15 is 0 Å². The van der Waals surface area contributed by atoms with Gasteiger partial charge in [-0.25, -0.2) is 9.97 Å². The first-order valence-electron chi connectivity index (χ1n) is 9.37. The van der Waals surface area contributed by atoms with Crippen molar-refractivity contribution in [3.63, 3.8) is 0 Å². The van der Waals surface area contributed by atoms with Crippen LogP contribution < -0.4 is 10.6 Å². The Bertz CT molecular complexity index is 1000. The van der Waals surface area contributed by atoms with E-state index in [1.807, 2.05) is 6.07 Å². The highest BCUT2D eigenvalue weighted by Gasteiger charge is 2.30. The molecular weight excluding hydrogens is 393 g/mol. The Hall–Kier alpha value is -3.65. The highest BCUT2D eigenvalue weighted by atomic mass is 19.1. The van der Waals surface area contributed by atoms with Crippen molar-refractivity contribution in [2.24, 2.45) is 5.92 Å². The van der Waals surface area contributed by atoms with Gasteiger partial charge >= 0.3 is 0 Å². The summed E-state index contributed by atoms with van der Waals surface area (Å²) in [7, 11) is 0. The van der Waals surface area contributed by atoms with E-state index in [-0.39, 0.29) is 37.2 Å². The van der Waals surface area contributed by atoms with Crippen molar-refractivity contribution in [3.05, 3.63) is 30.4 Å². The molecular formula is C19H18FN7O3. The Labute approximate surface area is 171 Å². The number of alkyl halides is 1. The predicted octanol–water partition coefficient (Wildman–Crippen LogP) is 1.28. The average molecular weight is 411 g/mol. The van der Waals surface area contributed by atoms with Crippen molar-refractivity contribution < 1.29 is 18.7 Å². The summed E-state index contributed by atoms with van der Waals surface area (Å²) >= 11 is 0. The molecule has 11 heteroatoms. The highest BCUT2D eigenvalue weighted by molar-refractivity contribution is 5.93. The summed E-state index contributed by atoms with van der Waals surface area (Å²) in [5.41, 5.74) is 1.43. The number of nitrogens with zero attached hydrogens (tertiary/aromatic N) is 5. The van der Waals surface area contributed by atoms with E-state index in [0.29, 0.717) is 22.8 Å². The van der Waals surface area contributed by atoms with Crippen molar-refractivity contribution in [1.29, 1.82) is 5.26 Å². The summed E-state index contributed by atoms with van der Waals surface area (Å²) in [5, 5.41) is 14.8. The number of rotatable bonds is 6. The molecule has 1 saturated heterocycles. The first-order chi connectivity index (χ1) is 14.5. The molecule has 30 heavy (non-hydrogen) atoms. The number of hydrogen-bond acceptors (Lipinski definition) is 8. The number of nitrogens with one attached hydrogen (secondary N) is 2. The Kier molecular flexibility index (Phi) is 5.49. The zero-order chi connectivity index (χ0) is 21.1. The minimum absolute atomic E-state index is 0.0605. The zero-order valence-corrected chi connectivity index (χ0v) is 15.8. The van der Waals surface area contributed by atoms with E-state index < -0.39 is 12.4 Å². The van der Waals surface area contributed by atoms with Gasteiger partial charge in [0.1, 0.15) is 6.07 Å². The molecule has 154 valence electrons. The van der Waals surface area contributed by atoms with Crippen LogP contribution in [-0.4, -0.2) is 57.8 Å². The molecule has 2 aromatic heterocycles. The minimum atomic E-state index is -1.76.